The maximum atomic E-state index is 12.0. The second-order valence-electron chi connectivity index (χ2n) is 15.5. The summed E-state index contributed by atoms with van der Waals surface area (Å²) in [4.78, 5) is 35.5. The summed E-state index contributed by atoms with van der Waals surface area (Å²) in [5, 5.41) is 45.8. The van der Waals surface area contributed by atoms with Gasteiger partial charge in [0.1, 0.15) is 0 Å². The van der Waals surface area contributed by atoms with Crippen LogP contribution in [-0.2, 0) is 13.0 Å². The van der Waals surface area contributed by atoms with E-state index < -0.39 is 6.03 Å². The van der Waals surface area contributed by atoms with E-state index in [1.54, 1.807) is 54.6 Å². The minimum atomic E-state index is -0.397. The molecule has 5 aromatic rings. The van der Waals surface area contributed by atoms with Crippen LogP contribution in [0.4, 0.5) is 31.4 Å². The van der Waals surface area contributed by atoms with Crippen LogP contribution in [0.25, 0.3) is 0 Å². The number of amides is 6. The Balaban J connectivity index is 0.000000240. The van der Waals surface area contributed by atoms with Crippen molar-refractivity contribution in [2.24, 2.45) is 5.41 Å². The van der Waals surface area contributed by atoms with E-state index in [1.165, 1.54) is 0 Å². The molecule has 0 atom stereocenters. The summed E-state index contributed by atoms with van der Waals surface area (Å²) in [5.41, 5.74) is 3.91. The highest BCUT2D eigenvalue weighted by atomic mass is 35.5. The Morgan fingerprint density at radius 3 is 1.45 bits per heavy atom. The van der Waals surface area contributed by atoms with Crippen molar-refractivity contribution in [3.8, 4) is 17.2 Å². The Kier molecular flexibility index (Phi) is 18.7. The van der Waals surface area contributed by atoms with Crippen LogP contribution in [0.2, 0.25) is 15.1 Å². The van der Waals surface area contributed by atoms with Crippen molar-refractivity contribution in [2.75, 3.05) is 22.5 Å². The molecule has 0 aliphatic carbocycles. The third-order valence-corrected chi connectivity index (χ3v) is 9.29. The molecule has 320 valence electrons. The Bertz CT molecular complexity index is 2200. The zero-order valence-electron chi connectivity index (χ0n) is 34.4. The van der Waals surface area contributed by atoms with Crippen LogP contribution in [0.3, 0.4) is 0 Å². The van der Waals surface area contributed by atoms with Gasteiger partial charge in [-0.05, 0) is 92.1 Å². The van der Waals surface area contributed by atoms with Gasteiger partial charge in [-0.25, -0.2) is 14.4 Å². The SMILES string of the molecule is CC(C)(C)CC(C)(C)NC(=O)Nc1cccc(Cl)c1O.Cc1ccccc1CNC(=O)Nc1cccc(Cl)c1O.O=C(NCCc1ccccc1)Nc1cccc(Cl)c1O. The van der Waals surface area contributed by atoms with Crippen molar-refractivity contribution in [3.05, 3.63) is 141 Å². The summed E-state index contributed by atoms with van der Waals surface area (Å²) in [5.74, 6) is -0.398. The third kappa shape index (κ3) is 17.2. The van der Waals surface area contributed by atoms with E-state index in [2.05, 4.69) is 52.7 Å². The lowest BCUT2D eigenvalue weighted by atomic mass is 9.82. The van der Waals surface area contributed by atoms with E-state index in [9.17, 15) is 29.7 Å². The van der Waals surface area contributed by atoms with Gasteiger partial charge in [-0.3, -0.25) is 0 Å². The highest BCUT2D eigenvalue weighted by molar-refractivity contribution is 6.33. The van der Waals surface area contributed by atoms with Crippen molar-refractivity contribution in [1.29, 1.82) is 0 Å². The van der Waals surface area contributed by atoms with Crippen molar-refractivity contribution < 1.29 is 29.7 Å². The lowest BCUT2D eigenvalue weighted by molar-refractivity contribution is 0.220. The second-order valence-corrected chi connectivity index (χ2v) is 16.7. The molecular formula is C45H53Cl3N6O6. The first kappa shape index (κ1) is 48.5. The minimum Gasteiger partial charge on any atom is -0.504 e. The number of hydrogen-bond acceptors (Lipinski definition) is 6. The summed E-state index contributed by atoms with van der Waals surface area (Å²) < 4.78 is 0. The summed E-state index contributed by atoms with van der Waals surface area (Å²) in [6, 6.07) is 30.9. The lowest BCUT2D eigenvalue weighted by Gasteiger charge is -2.33. The molecule has 0 spiro atoms. The summed E-state index contributed by atoms with van der Waals surface area (Å²) in [6.45, 7) is 13.2. The number of aryl methyl sites for hydroxylation is 1. The molecule has 6 amide bonds. The molecule has 0 unspecified atom stereocenters. The number of carbonyl (C=O) groups excluding carboxylic acids is 3. The standard InChI is InChI=1S/2C15H15ClN2O2.C15H23ClN2O2/c1-10-5-2-3-6-11(10)9-17-15(20)18-13-8-4-7-12(16)14(13)19;16-12-7-4-8-13(14(12)19)18-15(20)17-10-9-11-5-2-1-3-6-11;1-14(2,3)9-15(4,5)18-13(20)17-11-8-6-7-10(16)12(11)19/h2-8,19H,9H2,1H3,(H2,17,18,20);1-8,19H,9-10H2,(H2,17,18,20);6-8,19H,9H2,1-5H3,(H2,17,18,20). The second kappa shape index (κ2) is 23.1. The number of nitrogens with one attached hydrogen (secondary N) is 6. The first-order valence-electron chi connectivity index (χ1n) is 18.9. The lowest BCUT2D eigenvalue weighted by Crippen LogP contribution is -2.47. The molecule has 15 heteroatoms. The first-order chi connectivity index (χ1) is 28.2. The molecule has 0 bridgehead atoms. The molecule has 0 heterocycles. The van der Waals surface area contributed by atoms with Crippen LogP contribution in [-0.4, -0.2) is 45.5 Å². The fraction of sp³-hybridized carbons (Fsp3) is 0.267. The number of para-hydroxylation sites is 3. The largest absolute Gasteiger partial charge is 0.504 e. The molecule has 5 rings (SSSR count). The van der Waals surface area contributed by atoms with E-state index in [0.717, 1.165) is 29.5 Å². The average Bonchev–Trinajstić information content (AvgIpc) is 3.17. The number of anilines is 3. The number of carbonyl (C=O) groups is 3. The van der Waals surface area contributed by atoms with Gasteiger partial charge in [-0.1, -0.05) is 128 Å². The van der Waals surface area contributed by atoms with Gasteiger partial charge in [0, 0.05) is 18.6 Å². The summed E-state index contributed by atoms with van der Waals surface area (Å²) >= 11 is 17.3. The fourth-order valence-electron chi connectivity index (χ4n) is 5.96. The average molecular weight is 880 g/mol. The number of aromatic hydroxyl groups is 3. The van der Waals surface area contributed by atoms with E-state index in [4.69, 9.17) is 34.8 Å². The predicted octanol–water partition coefficient (Wildman–Crippen LogP) is 11.5. The number of urea groups is 3. The van der Waals surface area contributed by atoms with Gasteiger partial charge in [0.25, 0.3) is 0 Å². The van der Waals surface area contributed by atoms with Gasteiger partial charge in [-0.2, -0.15) is 0 Å². The quantitative estimate of drug-likeness (QED) is 0.0629. The van der Waals surface area contributed by atoms with Crippen LogP contribution in [0, 0.1) is 12.3 Å². The molecule has 5 aromatic carbocycles. The van der Waals surface area contributed by atoms with Gasteiger partial charge in [-0.15, -0.1) is 0 Å². The molecule has 0 aliphatic heterocycles. The summed E-state index contributed by atoms with van der Waals surface area (Å²) in [7, 11) is 0. The molecule has 0 saturated carbocycles. The minimum absolute atomic E-state index is 0.106. The Morgan fingerprint density at radius 1 is 0.550 bits per heavy atom. The number of phenolic OH excluding ortho intramolecular Hbond substituents is 3. The van der Waals surface area contributed by atoms with E-state index >= 15 is 0 Å². The predicted molar refractivity (Wildman–Crippen MR) is 244 cm³/mol. The van der Waals surface area contributed by atoms with Gasteiger partial charge >= 0.3 is 18.1 Å². The normalized spacial score (nSPS) is 10.8. The van der Waals surface area contributed by atoms with Crippen LogP contribution in [0.15, 0.2) is 109 Å². The van der Waals surface area contributed by atoms with Crippen molar-refractivity contribution in [2.45, 2.75) is 66.5 Å². The Labute approximate surface area is 366 Å². The van der Waals surface area contributed by atoms with Crippen LogP contribution in [0.1, 0.15) is 57.7 Å². The maximum Gasteiger partial charge on any atom is 0.319 e. The van der Waals surface area contributed by atoms with Gasteiger partial charge in [0.15, 0.2) is 17.2 Å². The number of benzene rings is 5. The Hall–Kier alpha value is -5.82. The van der Waals surface area contributed by atoms with Crippen molar-refractivity contribution in [1.82, 2.24) is 16.0 Å². The summed E-state index contributed by atoms with van der Waals surface area (Å²) in [6.07, 6.45) is 1.57. The number of phenols is 3. The maximum absolute atomic E-state index is 12.0. The van der Waals surface area contributed by atoms with Crippen LogP contribution in [0.5, 0.6) is 17.2 Å². The molecule has 9 N–H and O–H groups in total. The van der Waals surface area contributed by atoms with Crippen LogP contribution < -0.4 is 31.9 Å². The number of rotatable bonds is 10. The van der Waals surface area contributed by atoms with E-state index in [-0.39, 0.29) is 66.7 Å². The topological polar surface area (TPSA) is 184 Å². The molecule has 0 saturated heterocycles. The van der Waals surface area contributed by atoms with Gasteiger partial charge in [0.2, 0.25) is 0 Å². The number of hydrogen-bond donors (Lipinski definition) is 9. The molecule has 0 aliphatic rings. The number of halogens is 3. The smallest absolute Gasteiger partial charge is 0.319 e. The van der Waals surface area contributed by atoms with Gasteiger partial charge < -0.3 is 47.2 Å². The molecule has 0 aromatic heterocycles. The molecular weight excluding hydrogens is 827 g/mol. The van der Waals surface area contributed by atoms with Gasteiger partial charge in [0.05, 0.1) is 32.1 Å². The van der Waals surface area contributed by atoms with E-state index in [0.29, 0.717) is 18.8 Å². The molecule has 0 fully saturated rings. The monoisotopic (exact) mass is 878 g/mol. The highest BCUT2D eigenvalue weighted by Crippen LogP contribution is 2.33. The van der Waals surface area contributed by atoms with Crippen LogP contribution >= 0.6 is 34.8 Å². The third-order valence-electron chi connectivity index (χ3n) is 8.37. The zero-order valence-corrected chi connectivity index (χ0v) is 36.7. The molecule has 0 radical (unpaired) electrons. The van der Waals surface area contributed by atoms with Crippen molar-refractivity contribution >= 4 is 70.0 Å². The highest BCUT2D eigenvalue weighted by Gasteiger charge is 2.27. The zero-order chi connectivity index (χ0) is 44.5. The first-order valence-corrected chi connectivity index (χ1v) is 20.1. The molecule has 60 heavy (non-hydrogen) atoms. The Morgan fingerprint density at radius 2 is 0.983 bits per heavy atom. The fourth-order valence-corrected chi connectivity index (χ4v) is 6.49. The van der Waals surface area contributed by atoms with E-state index in [1.807, 2.05) is 75.4 Å². The molecule has 12 nitrogen and oxygen atoms in total. The van der Waals surface area contributed by atoms with Crippen molar-refractivity contribution in [3.63, 3.8) is 0 Å².